The molecule has 0 saturated heterocycles. The SMILES string of the molecule is c1ccc(-c2cccc3c2oc2ccccc23)c(-c2c3ccccc3c(-c3ccc(-c4cccc5c4oc4ccccc45)cc3)c3ccccc23)c1. The van der Waals surface area contributed by atoms with Gasteiger partial charge in [0.25, 0.3) is 0 Å². The Balaban J connectivity index is 1.12. The summed E-state index contributed by atoms with van der Waals surface area (Å²) >= 11 is 0. The van der Waals surface area contributed by atoms with E-state index in [1.807, 2.05) is 18.2 Å². The summed E-state index contributed by atoms with van der Waals surface area (Å²) in [6.07, 6.45) is 0. The van der Waals surface area contributed by atoms with Gasteiger partial charge in [0, 0.05) is 32.7 Å². The lowest BCUT2D eigenvalue weighted by molar-refractivity contribution is 0.669. The Morgan fingerprint density at radius 2 is 0.615 bits per heavy atom. The van der Waals surface area contributed by atoms with Crippen LogP contribution >= 0.6 is 0 Å². The number of hydrogen-bond donors (Lipinski definition) is 0. The fourth-order valence-electron chi connectivity index (χ4n) is 8.42. The highest BCUT2D eigenvalue weighted by atomic mass is 16.3. The van der Waals surface area contributed by atoms with Crippen LogP contribution < -0.4 is 0 Å². The molecule has 52 heavy (non-hydrogen) atoms. The quantitative estimate of drug-likeness (QED) is 0.175. The standard InChI is InChI=1S/C50H30O2/c1-2-16-37(34(13-1)42-22-12-24-44-36-15-8-10-26-46(36)52-50(42)44)48-40-19-5-3-17-38(40)47(39-18-4-6-20-41(39)48)32-29-27-31(28-30-32)33-21-11-23-43-35-14-7-9-25-45(35)51-49(33)43/h1-30H. The van der Waals surface area contributed by atoms with Crippen LogP contribution in [0.4, 0.5) is 0 Å². The lowest BCUT2D eigenvalue weighted by Gasteiger charge is -2.20. The summed E-state index contributed by atoms with van der Waals surface area (Å²) in [7, 11) is 0. The van der Waals surface area contributed by atoms with Gasteiger partial charge in [-0.15, -0.1) is 0 Å². The summed E-state index contributed by atoms with van der Waals surface area (Å²) in [6.45, 7) is 0. The average Bonchev–Trinajstić information content (AvgIpc) is 3.79. The first kappa shape index (κ1) is 28.9. The molecule has 0 unspecified atom stereocenters. The molecule has 2 heteroatoms. The third-order valence-electron chi connectivity index (χ3n) is 10.7. The maximum absolute atomic E-state index is 6.56. The largest absolute Gasteiger partial charge is 0.455 e. The van der Waals surface area contributed by atoms with Gasteiger partial charge in [-0.2, -0.15) is 0 Å². The Morgan fingerprint density at radius 1 is 0.231 bits per heavy atom. The third-order valence-corrected chi connectivity index (χ3v) is 10.7. The van der Waals surface area contributed by atoms with Gasteiger partial charge in [-0.05, 0) is 67.1 Å². The molecule has 242 valence electrons. The van der Waals surface area contributed by atoms with Crippen LogP contribution in [0.25, 0.3) is 110 Å². The second kappa shape index (κ2) is 11.3. The molecule has 2 heterocycles. The first-order chi connectivity index (χ1) is 25.8. The second-order valence-electron chi connectivity index (χ2n) is 13.5. The molecule has 9 aromatic carbocycles. The smallest absolute Gasteiger partial charge is 0.143 e. The van der Waals surface area contributed by atoms with Crippen molar-refractivity contribution in [1.82, 2.24) is 0 Å². The fraction of sp³-hybridized carbons (Fsp3) is 0. The van der Waals surface area contributed by atoms with Gasteiger partial charge < -0.3 is 8.83 Å². The zero-order valence-electron chi connectivity index (χ0n) is 28.1. The molecule has 11 rings (SSSR count). The van der Waals surface area contributed by atoms with Crippen molar-refractivity contribution >= 4 is 65.4 Å². The molecule has 0 saturated carbocycles. The van der Waals surface area contributed by atoms with Gasteiger partial charge in [-0.25, -0.2) is 0 Å². The molecule has 2 aromatic heterocycles. The summed E-state index contributed by atoms with van der Waals surface area (Å²) in [4.78, 5) is 0. The van der Waals surface area contributed by atoms with Crippen LogP contribution in [-0.2, 0) is 0 Å². The Labute approximate surface area is 299 Å². The van der Waals surface area contributed by atoms with E-state index >= 15 is 0 Å². The highest BCUT2D eigenvalue weighted by Gasteiger charge is 2.21. The van der Waals surface area contributed by atoms with Crippen LogP contribution in [-0.4, -0.2) is 0 Å². The molecule has 2 nitrogen and oxygen atoms in total. The van der Waals surface area contributed by atoms with Crippen LogP contribution in [0.2, 0.25) is 0 Å². The van der Waals surface area contributed by atoms with Crippen LogP contribution in [0.1, 0.15) is 0 Å². The van der Waals surface area contributed by atoms with Crippen molar-refractivity contribution in [3.8, 4) is 44.5 Å². The summed E-state index contributed by atoms with van der Waals surface area (Å²) in [5, 5.41) is 9.44. The maximum atomic E-state index is 6.56. The van der Waals surface area contributed by atoms with Gasteiger partial charge >= 0.3 is 0 Å². The normalized spacial score (nSPS) is 11.8. The van der Waals surface area contributed by atoms with Crippen molar-refractivity contribution in [2.45, 2.75) is 0 Å². The van der Waals surface area contributed by atoms with E-state index < -0.39 is 0 Å². The average molecular weight is 663 g/mol. The molecular formula is C50H30O2. The van der Waals surface area contributed by atoms with E-state index in [0.717, 1.165) is 66.1 Å². The molecule has 0 fully saturated rings. The van der Waals surface area contributed by atoms with Crippen molar-refractivity contribution in [3.63, 3.8) is 0 Å². The predicted molar refractivity (Wildman–Crippen MR) is 218 cm³/mol. The van der Waals surface area contributed by atoms with Crippen molar-refractivity contribution < 1.29 is 8.83 Å². The Hall–Kier alpha value is -6.90. The Kier molecular flexibility index (Phi) is 6.28. The minimum absolute atomic E-state index is 0.906. The fourth-order valence-corrected chi connectivity index (χ4v) is 8.42. The number of hydrogen-bond acceptors (Lipinski definition) is 2. The van der Waals surface area contributed by atoms with Crippen molar-refractivity contribution in [3.05, 3.63) is 182 Å². The van der Waals surface area contributed by atoms with E-state index in [0.29, 0.717) is 0 Å². The van der Waals surface area contributed by atoms with Gasteiger partial charge in [0.1, 0.15) is 22.3 Å². The van der Waals surface area contributed by atoms with E-state index in [4.69, 9.17) is 8.83 Å². The van der Waals surface area contributed by atoms with E-state index in [1.165, 1.54) is 43.8 Å². The second-order valence-corrected chi connectivity index (χ2v) is 13.5. The lowest BCUT2D eigenvalue weighted by atomic mass is 9.83. The molecule has 0 bridgehead atoms. The summed E-state index contributed by atoms with van der Waals surface area (Å²) in [5.41, 5.74) is 13.0. The highest BCUT2D eigenvalue weighted by Crippen LogP contribution is 2.48. The highest BCUT2D eigenvalue weighted by molar-refractivity contribution is 6.23. The monoisotopic (exact) mass is 662 g/mol. The van der Waals surface area contributed by atoms with Crippen LogP contribution in [0.15, 0.2) is 191 Å². The van der Waals surface area contributed by atoms with Crippen molar-refractivity contribution in [1.29, 1.82) is 0 Å². The third kappa shape index (κ3) is 4.25. The van der Waals surface area contributed by atoms with Crippen LogP contribution in [0, 0.1) is 0 Å². The lowest BCUT2D eigenvalue weighted by Crippen LogP contribution is -1.93. The topological polar surface area (TPSA) is 26.3 Å². The van der Waals surface area contributed by atoms with Gasteiger partial charge in [-0.1, -0.05) is 170 Å². The molecule has 0 atom stereocenters. The number of para-hydroxylation sites is 4. The summed E-state index contributed by atoms with van der Waals surface area (Å²) in [5.74, 6) is 0. The summed E-state index contributed by atoms with van der Waals surface area (Å²) < 4.78 is 13.0. The van der Waals surface area contributed by atoms with Crippen molar-refractivity contribution in [2.75, 3.05) is 0 Å². The minimum Gasteiger partial charge on any atom is -0.455 e. The molecule has 0 radical (unpaired) electrons. The van der Waals surface area contributed by atoms with Gasteiger partial charge in [0.2, 0.25) is 0 Å². The zero-order valence-corrected chi connectivity index (χ0v) is 28.1. The number of rotatable bonds is 4. The van der Waals surface area contributed by atoms with Gasteiger partial charge in [0.15, 0.2) is 0 Å². The predicted octanol–water partition coefficient (Wildman–Crippen LogP) is 14.5. The van der Waals surface area contributed by atoms with E-state index in [-0.39, 0.29) is 0 Å². The van der Waals surface area contributed by atoms with Gasteiger partial charge in [0.05, 0.1) is 0 Å². The first-order valence-corrected chi connectivity index (χ1v) is 17.8. The molecule has 11 aromatic rings. The molecule has 0 aliphatic rings. The molecular weight excluding hydrogens is 633 g/mol. The summed E-state index contributed by atoms with van der Waals surface area (Å²) in [6, 6.07) is 65.0. The minimum atomic E-state index is 0.906. The van der Waals surface area contributed by atoms with Crippen LogP contribution in [0.3, 0.4) is 0 Å². The molecule has 0 aliphatic heterocycles. The molecule has 0 N–H and O–H groups in total. The van der Waals surface area contributed by atoms with E-state index in [1.54, 1.807) is 0 Å². The number of furan rings is 2. The molecule has 0 aliphatic carbocycles. The van der Waals surface area contributed by atoms with E-state index in [9.17, 15) is 0 Å². The Morgan fingerprint density at radius 3 is 1.19 bits per heavy atom. The molecule has 0 spiro atoms. The number of fused-ring (bicyclic) bond motifs is 8. The Bertz CT molecular complexity index is 3120. The maximum Gasteiger partial charge on any atom is 0.143 e. The first-order valence-electron chi connectivity index (χ1n) is 17.8. The number of benzene rings is 9. The molecule has 0 amide bonds. The van der Waals surface area contributed by atoms with Crippen molar-refractivity contribution in [2.24, 2.45) is 0 Å². The van der Waals surface area contributed by atoms with Gasteiger partial charge in [-0.3, -0.25) is 0 Å². The zero-order chi connectivity index (χ0) is 34.2. The van der Waals surface area contributed by atoms with Crippen LogP contribution in [0.5, 0.6) is 0 Å². The van der Waals surface area contributed by atoms with E-state index in [2.05, 4.69) is 164 Å².